The Kier molecular flexibility index (Phi) is 4.20. The Hall–Kier alpha value is 0.100. The van der Waals surface area contributed by atoms with Crippen LogP contribution < -0.4 is 0 Å². The van der Waals surface area contributed by atoms with Gasteiger partial charge in [0.2, 0.25) is 0 Å². The van der Waals surface area contributed by atoms with Gasteiger partial charge in [-0.05, 0) is 29.3 Å². The SMILES string of the molecule is CC1COC(CBr)CN1Cc1ccsc1. The van der Waals surface area contributed by atoms with Gasteiger partial charge in [-0.3, -0.25) is 4.90 Å². The summed E-state index contributed by atoms with van der Waals surface area (Å²) in [4.78, 5) is 2.50. The van der Waals surface area contributed by atoms with E-state index in [1.54, 1.807) is 11.3 Å². The highest BCUT2D eigenvalue weighted by atomic mass is 79.9. The maximum Gasteiger partial charge on any atom is 0.0799 e. The van der Waals surface area contributed by atoms with E-state index in [0.29, 0.717) is 12.1 Å². The molecule has 2 rings (SSSR count). The van der Waals surface area contributed by atoms with Crippen molar-refractivity contribution in [2.24, 2.45) is 0 Å². The summed E-state index contributed by atoms with van der Waals surface area (Å²) in [6.45, 7) is 5.16. The van der Waals surface area contributed by atoms with E-state index in [2.05, 4.69) is 44.6 Å². The monoisotopic (exact) mass is 289 g/mol. The highest BCUT2D eigenvalue weighted by molar-refractivity contribution is 9.09. The first-order chi connectivity index (χ1) is 7.29. The highest BCUT2D eigenvalue weighted by Gasteiger charge is 2.25. The van der Waals surface area contributed by atoms with Crippen LogP contribution in [0.3, 0.4) is 0 Å². The van der Waals surface area contributed by atoms with E-state index in [9.17, 15) is 0 Å². The Labute approximate surface area is 103 Å². The van der Waals surface area contributed by atoms with Crippen molar-refractivity contribution in [3.63, 3.8) is 0 Å². The molecule has 0 aliphatic carbocycles. The molecule has 0 radical (unpaired) electrons. The molecule has 1 saturated heterocycles. The first-order valence-corrected chi connectivity index (χ1v) is 7.28. The Bertz CT molecular complexity index is 291. The molecule has 0 aromatic carbocycles. The van der Waals surface area contributed by atoms with Crippen molar-refractivity contribution < 1.29 is 4.74 Å². The Balaban J connectivity index is 1.94. The predicted molar refractivity (Wildman–Crippen MR) is 67.7 cm³/mol. The van der Waals surface area contributed by atoms with Crippen LogP contribution in [0.5, 0.6) is 0 Å². The Morgan fingerprint density at radius 3 is 3.20 bits per heavy atom. The molecule has 4 heteroatoms. The normalized spacial score (nSPS) is 28.1. The third-order valence-electron chi connectivity index (χ3n) is 2.77. The van der Waals surface area contributed by atoms with Crippen LogP contribution in [0.2, 0.25) is 0 Å². The van der Waals surface area contributed by atoms with Crippen LogP contribution >= 0.6 is 27.3 Å². The van der Waals surface area contributed by atoms with E-state index in [4.69, 9.17) is 4.74 Å². The number of ether oxygens (including phenoxy) is 1. The van der Waals surface area contributed by atoms with Crippen molar-refractivity contribution in [3.8, 4) is 0 Å². The quantitative estimate of drug-likeness (QED) is 0.794. The van der Waals surface area contributed by atoms with Gasteiger partial charge >= 0.3 is 0 Å². The van der Waals surface area contributed by atoms with Crippen molar-refractivity contribution in [2.75, 3.05) is 18.5 Å². The molecule has 0 bridgehead atoms. The summed E-state index contributed by atoms with van der Waals surface area (Å²) >= 11 is 5.26. The van der Waals surface area contributed by atoms with Gasteiger partial charge in [0.25, 0.3) is 0 Å². The minimum Gasteiger partial charge on any atom is -0.374 e. The third-order valence-corrected chi connectivity index (χ3v) is 4.23. The van der Waals surface area contributed by atoms with Crippen LogP contribution in [0.1, 0.15) is 12.5 Å². The zero-order valence-electron chi connectivity index (χ0n) is 8.86. The molecule has 1 aliphatic rings. The van der Waals surface area contributed by atoms with Crippen molar-refractivity contribution in [1.82, 2.24) is 4.90 Å². The van der Waals surface area contributed by atoms with Gasteiger partial charge in [0.1, 0.15) is 0 Å². The van der Waals surface area contributed by atoms with Crippen LogP contribution in [0, 0.1) is 0 Å². The van der Waals surface area contributed by atoms with E-state index >= 15 is 0 Å². The van der Waals surface area contributed by atoms with E-state index < -0.39 is 0 Å². The summed E-state index contributed by atoms with van der Waals surface area (Å²) in [6.07, 6.45) is 0.347. The largest absolute Gasteiger partial charge is 0.374 e. The lowest BCUT2D eigenvalue weighted by atomic mass is 10.2. The number of hydrogen-bond acceptors (Lipinski definition) is 3. The molecular formula is C11H16BrNOS. The first kappa shape index (κ1) is 11.6. The minimum atomic E-state index is 0.347. The molecule has 1 aliphatic heterocycles. The van der Waals surface area contributed by atoms with Crippen LogP contribution in [0.4, 0.5) is 0 Å². The molecule has 1 aromatic rings. The summed E-state index contributed by atoms with van der Waals surface area (Å²) in [5.41, 5.74) is 1.42. The topological polar surface area (TPSA) is 12.5 Å². The fourth-order valence-electron chi connectivity index (χ4n) is 1.81. The van der Waals surface area contributed by atoms with Crippen molar-refractivity contribution in [3.05, 3.63) is 22.4 Å². The van der Waals surface area contributed by atoms with Gasteiger partial charge in [-0.2, -0.15) is 11.3 Å². The van der Waals surface area contributed by atoms with Gasteiger partial charge in [0.15, 0.2) is 0 Å². The Morgan fingerprint density at radius 2 is 2.53 bits per heavy atom. The van der Waals surface area contributed by atoms with Crippen molar-refractivity contribution in [1.29, 1.82) is 0 Å². The van der Waals surface area contributed by atoms with Crippen molar-refractivity contribution in [2.45, 2.75) is 25.6 Å². The molecule has 0 amide bonds. The molecule has 15 heavy (non-hydrogen) atoms. The fraction of sp³-hybridized carbons (Fsp3) is 0.636. The summed E-state index contributed by atoms with van der Waals surface area (Å²) in [5, 5.41) is 5.30. The van der Waals surface area contributed by atoms with Crippen molar-refractivity contribution >= 4 is 27.3 Å². The van der Waals surface area contributed by atoms with Gasteiger partial charge in [0.05, 0.1) is 12.7 Å². The summed E-state index contributed by atoms with van der Waals surface area (Å²) in [7, 11) is 0. The average molecular weight is 290 g/mol. The summed E-state index contributed by atoms with van der Waals surface area (Å²) in [5.74, 6) is 0. The number of nitrogens with zero attached hydrogens (tertiary/aromatic N) is 1. The van der Waals surface area contributed by atoms with E-state index in [1.807, 2.05) is 0 Å². The number of thiophene rings is 1. The molecule has 1 fully saturated rings. The fourth-order valence-corrected chi connectivity index (χ4v) is 2.86. The van der Waals surface area contributed by atoms with Crippen LogP contribution in [-0.2, 0) is 11.3 Å². The van der Waals surface area contributed by atoms with Crippen LogP contribution in [0.25, 0.3) is 0 Å². The third kappa shape index (κ3) is 3.03. The molecule has 84 valence electrons. The molecule has 2 unspecified atom stereocenters. The van der Waals surface area contributed by atoms with Gasteiger partial charge in [0, 0.05) is 24.5 Å². The van der Waals surface area contributed by atoms with E-state index in [-0.39, 0.29) is 0 Å². The minimum absolute atomic E-state index is 0.347. The second-order valence-electron chi connectivity index (χ2n) is 4.02. The number of hydrogen-bond donors (Lipinski definition) is 0. The lowest BCUT2D eigenvalue weighted by Gasteiger charge is -2.37. The van der Waals surface area contributed by atoms with Crippen LogP contribution in [-0.4, -0.2) is 35.5 Å². The maximum atomic E-state index is 5.70. The lowest BCUT2D eigenvalue weighted by molar-refractivity contribution is -0.0499. The summed E-state index contributed by atoms with van der Waals surface area (Å²) < 4.78 is 5.70. The summed E-state index contributed by atoms with van der Waals surface area (Å²) in [6, 6.07) is 2.73. The smallest absolute Gasteiger partial charge is 0.0799 e. The van der Waals surface area contributed by atoms with Gasteiger partial charge < -0.3 is 4.74 Å². The van der Waals surface area contributed by atoms with Gasteiger partial charge in [-0.15, -0.1) is 0 Å². The second kappa shape index (κ2) is 5.43. The first-order valence-electron chi connectivity index (χ1n) is 5.22. The highest BCUT2D eigenvalue weighted by Crippen LogP contribution is 2.17. The van der Waals surface area contributed by atoms with Crippen LogP contribution in [0.15, 0.2) is 16.8 Å². The molecule has 1 aromatic heterocycles. The zero-order chi connectivity index (χ0) is 10.7. The number of rotatable bonds is 3. The average Bonchev–Trinajstić information content (AvgIpc) is 2.74. The molecule has 0 N–H and O–H groups in total. The molecule has 0 saturated carbocycles. The van der Waals surface area contributed by atoms with E-state index in [0.717, 1.165) is 25.0 Å². The number of morpholine rings is 1. The van der Waals surface area contributed by atoms with Gasteiger partial charge in [-0.1, -0.05) is 15.9 Å². The lowest BCUT2D eigenvalue weighted by Crippen LogP contribution is -2.48. The molecule has 2 nitrogen and oxygen atoms in total. The van der Waals surface area contributed by atoms with E-state index in [1.165, 1.54) is 5.56 Å². The second-order valence-corrected chi connectivity index (χ2v) is 5.45. The predicted octanol–water partition coefficient (Wildman–Crippen LogP) is 2.73. The number of halogens is 1. The molecule has 2 atom stereocenters. The molecular weight excluding hydrogens is 274 g/mol. The molecule has 0 spiro atoms. The standard InChI is InChI=1S/C11H16BrNOS/c1-9-7-14-11(4-12)6-13(9)5-10-2-3-15-8-10/h2-3,8-9,11H,4-7H2,1H3. The number of alkyl halides is 1. The zero-order valence-corrected chi connectivity index (χ0v) is 11.3. The maximum absolute atomic E-state index is 5.70. The molecule has 2 heterocycles. The van der Waals surface area contributed by atoms with Gasteiger partial charge in [-0.25, -0.2) is 0 Å². The Morgan fingerprint density at radius 1 is 1.67 bits per heavy atom.